The van der Waals surface area contributed by atoms with Crippen LogP contribution in [0, 0.1) is 0 Å². The van der Waals surface area contributed by atoms with Crippen LogP contribution in [-0.2, 0) is 22.6 Å². The topological polar surface area (TPSA) is 58.6 Å². The van der Waals surface area contributed by atoms with Crippen molar-refractivity contribution < 1.29 is 14.3 Å². The van der Waals surface area contributed by atoms with Crippen LogP contribution < -0.4 is 10.1 Å². The van der Waals surface area contributed by atoms with E-state index in [0.717, 1.165) is 31.2 Å². The summed E-state index contributed by atoms with van der Waals surface area (Å²) in [5, 5.41) is 4.11. The number of para-hydroxylation sites is 1. The maximum Gasteiger partial charge on any atom is 0.261 e. The Morgan fingerprint density at radius 3 is 2.14 bits per heavy atom. The molecule has 0 saturated heterocycles. The molecule has 0 heterocycles. The third-order valence-electron chi connectivity index (χ3n) is 6.72. The number of ether oxygens (including phenoxy) is 1. The van der Waals surface area contributed by atoms with Gasteiger partial charge < -0.3 is 15.0 Å². The summed E-state index contributed by atoms with van der Waals surface area (Å²) in [6.07, 6.45) is 5.63. The molecular weight excluding hydrogens is 507 g/mol. The van der Waals surface area contributed by atoms with E-state index in [2.05, 4.69) is 5.32 Å². The van der Waals surface area contributed by atoms with Crippen molar-refractivity contribution in [2.75, 3.05) is 6.61 Å². The van der Waals surface area contributed by atoms with Gasteiger partial charge in [0.2, 0.25) is 5.91 Å². The van der Waals surface area contributed by atoms with E-state index in [-0.39, 0.29) is 31.0 Å². The predicted molar refractivity (Wildman–Crippen MR) is 148 cm³/mol. The van der Waals surface area contributed by atoms with Gasteiger partial charge in [0.15, 0.2) is 6.61 Å². The lowest BCUT2D eigenvalue weighted by molar-refractivity contribution is -0.143. The van der Waals surface area contributed by atoms with Gasteiger partial charge in [0.1, 0.15) is 11.8 Å². The highest BCUT2D eigenvalue weighted by Crippen LogP contribution is 2.28. The minimum atomic E-state index is -0.761. The first-order valence-electron chi connectivity index (χ1n) is 12.8. The maximum atomic E-state index is 13.8. The van der Waals surface area contributed by atoms with E-state index in [1.54, 1.807) is 35.2 Å². The molecule has 0 spiro atoms. The summed E-state index contributed by atoms with van der Waals surface area (Å²) in [6, 6.07) is 23.5. The molecule has 0 aromatic heterocycles. The van der Waals surface area contributed by atoms with Gasteiger partial charge in [0.25, 0.3) is 5.91 Å². The summed E-state index contributed by atoms with van der Waals surface area (Å²) in [4.78, 5) is 29.0. The molecule has 194 valence electrons. The Bertz CT molecular complexity index is 1150. The largest absolute Gasteiger partial charge is 0.484 e. The normalized spacial score (nSPS) is 14.5. The lowest BCUT2D eigenvalue weighted by Crippen LogP contribution is -2.53. The molecule has 1 N–H and O–H groups in total. The van der Waals surface area contributed by atoms with Gasteiger partial charge in [-0.25, -0.2) is 0 Å². The number of amides is 2. The van der Waals surface area contributed by atoms with E-state index in [0.29, 0.717) is 27.8 Å². The van der Waals surface area contributed by atoms with Gasteiger partial charge in [-0.2, -0.15) is 0 Å². The minimum Gasteiger partial charge on any atom is -0.484 e. The Kier molecular flexibility index (Phi) is 9.86. The first kappa shape index (κ1) is 27.0. The minimum absolute atomic E-state index is 0.0884. The van der Waals surface area contributed by atoms with Crippen LogP contribution in [0.4, 0.5) is 0 Å². The van der Waals surface area contributed by atoms with Gasteiger partial charge in [-0.1, -0.05) is 97.1 Å². The van der Waals surface area contributed by atoms with Gasteiger partial charge in [0, 0.05) is 34.6 Å². The highest BCUT2D eigenvalue weighted by molar-refractivity contribution is 6.36. The monoisotopic (exact) mass is 538 g/mol. The number of nitrogens with one attached hydrogen (secondary N) is 1. The molecule has 0 bridgehead atoms. The molecule has 3 aromatic rings. The van der Waals surface area contributed by atoms with Crippen molar-refractivity contribution in [1.29, 1.82) is 0 Å². The molecule has 5 nitrogen and oxygen atoms in total. The van der Waals surface area contributed by atoms with Crippen LogP contribution in [0.25, 0.3) is 0 Å². The first-order chi connectivity index (χ1) is 18.0. The lowest BCUT2D eigenvalue weighted by atomic mass is 9.94. The van der Waals surface area contributed by atoms with E-state index in [4.69, 9.17) is 27.9 Å². The third-order valence-corrected chi connectivity index (χ3v) is 7.43. The number of halogens is 2. The second-order valence-corrected chi connectivity index (χ2v) is 10.2. The van der Waals surface area contributed by atoms with E-state index in [9.17, 15) is 9.59 Å². The summed E-state index contributed by atoms with van der Waals surface area (Å²) in [5.74, 6) is 0.0874. The highest BCUT2D eigenvalue weighted by Gasteiger charge is 2.33. The molecule has 2 amide bonds. The Balaban J connectivity index is 1.64. The lowest BCUT2D eigenvalue weighted by Gasteiger charge is -2.33. The Hall–Kier alpha value is -3.02. The van der Waals surface area contributed by atoms with E-state index in [1.165, 1.54) is 6.42 Å². The smallest absolute Gasteiger partial charge is 0.261 e. The molecule has 0 aliphatic heterocycles. The van der Waals surface area contributed by atoms with Gasteiger partial charge in [0.05, 0.1) is 0 Å². The molecule has 3 aromatic carbocycles. The highest BCUT2D eigenvalue weighted by atomic mass is 35.5. The number of nitrogens with zero attached hydrogens (tertiary/aromatic N) is 1. The van der Waals surface area contributed by atoms with Crippen LogP contribution in [0.2, 0.25) is 10.0 Å². The second kappa shape index (κ2) is 13.5. The van der Waals surface area contributed by atoms with Crippen molar-refractivity contribution in [3.05, 3.63) is 100 Å². The molecule has 4 rings (SSSR count). The summed E-state index contributed by atoms with van der Waals surface area (Å²) in [5.41, 5.74) is 1.56. The van der Waals surface area contributed by atoms with Gasteiger partial charge in [-0.05, 0) is 42.7 Å². The number of hydrogen-bond acceptors (Lipinski definition) is 3. The summed E-state index contributed by atoms with van der Waals surface area (Å²) < 4.78 is 5.79. The fraction of sp³-hybridized carbons (Fsp3) is 0.333. The van der Waals surface area contributed by atoms with Crippen molar-refractivity contribution in [2.24, 2.45) is 0 Å². The Morgan fingerprint density at radius 1 is 0.865 bits per heavy atom. The van der Waals surface area contributed by atoms with E-state index < -0.39 is 6.04 Å². The molecule has 1 aliphatic rings. The van der Waals surface area contributed by atoms with Gasteiger partial charge in [-0.3, -0.25) is 9.59 Å². The number of rotatable bonds is 10. The van der Waals surface area contributed by atoms with Crippen LogP contribution in [0.3, 0.4) is 0 Å². The first-order valence-corrected chi connectivity index (χ1v) is 13.5. The van der Waals surface area contributed by atoms with Crippen molar-refractivity contribution in [3.63, 3.8) is 0 Å². The average molecular weight is 540 g/mol. The molecule has 1 fully saturated rings. The van der Waals surface area contributed by atoms with Gasteiger partial charge in [-0.15, -0.1) is 0 Å². The second-order valence-electron chi connectivity index (χ2n) is 9.37. The molecule has 1 unspecified atom stereocenters. The summed E-state index contributed by atoms with van der Waals surface area (Å²) in [7, 11) is 0. The number of hydrogen-bond donors (Lipinski definition) is 1. The molecule has 1 saturated carbocycles. The molecule has 37 heavy (non-hydrogen) atoms. The zero-order chi connectivity index (χ0) is 26.0. The Morgan fingerprint density at radius 2 is 1.49 bits per heavy atom. The third kappa shape index (κ3) is 7.73. The summed E-state index contributed by atoms with van der Waals surface area (Å²) >= 11 is 13.0. The zero-order valence-electron chi connectivity index (χ0n) is 20.7. The van der Waals surface area contributed by atoms with E-state index >= 15 is 0 Å². The van der Waals surface area contributed by atoms with Crippen LogP contribution in [0.5, 0.6) is 5.75 Å². The van der Waals surface area contributed by atoms with Crippen molar-refractivity contribution >= 4 is 35.0 Å². The van der Waals surface area contributed by atoms with Crippen molar-refractivity contribution in [2.45, 2.75) is 57.2 Å². The number of benzene rings is 3. The number of carbonyl (C=O) groups is 2. The predicted octanol–water partition coefficient (Wildman–Crippen LogP) is 6.46. The SMILES string of the molecule is O=C(NC1CCCCC1)C(Cc1ccccc1)N(Cc1c(Cl)cccc1Cl)C(=O)COc1ccccc1. The van der Waals surface area contributed by atoms with Crippen molar-refractivity contribution in [1.82, 2.24) is 10.2 Å². The fourth-order valence-electron chi connectivity index (χ4n) is 4.70. The number of carbonyl (C=O) groups excluding carboxylic acids is 2. The molecule has 1 aliphatic carbocycles. The average Bonchev–Trinajstić information content (AvgIpc) is 2.92. The van der Waals surface area contributed by atoms with Crippen LogP contribution in [-0.4, -0.2) is 35.4 Å². The molecular formula is C30H32Cl2N2O3. The van der Waals surface area contributed by atoms with Crippen LogP contribution in [0.15, 0.2) is 78.9 Å². The molecule has 1 atom stereocenters. The van der Waals surface area contributed by atoms with Crippen molar-refractivity contribution in [3.8, 4) is 5.75 Å². The maximum absolute atomic E-state index is 13.8. The Labute approximate surface area is 228 Å². The summed E-state index contributed by atoms with van der Waals surface area (Å²) in [6.45, 7) is -0.126. The van der Waals surface area contributed by atoms with E-state index in [1.807, 2.05) is 48.5 Å². The quantitative estimate of drug-likeness (QED) is 0.322. The van der Waals surface area contributed by atoms with Crippen LogP contribution in [0.1, 0.15) is 43.2 Å². The van der Waals surface area contributed by atoms with Crippen LogP contribution >= 0.6 is 23.2 Å². The molecule has 7 heteroatoms. The zero-order valence-corrected chi connectivity index (χ0v) is 22.3. The fourth-order valence-corrected chi connectivity index (χ4v) is 5.21. The van der Waals surface area contributed by atoms with Gasteiger partial charge >= 0.3 is 0 Å². The molecule has 0 radical (unpaired) electrons. The standard InChI is InChI=1S/C30H32Cl2N2O3/c31-26-17-10-18-27(32)25(26)20-34(29(35)21-37-24-15-8-3-9-16-24)28(19-22-11-4-1-5-12-22)30(36)33-23-13-6-2-7-14-23/h1,3-5,8-12,15-18,23,28H,2,6-7,13-14,19-21H2,(H,33,36).